The van der Waals surface area contributed by atoms with Gasteiger partial charge in [0.1, 0.15) is 4.90 Å². The molecule has 8 heteroatoms. The Balaban J connectivity index is 2.20. The summed E-state index contributed by atoms with van der Waals surface area (Å²) in [5.41, 5.74) is 0.834. The van der Waals surface area contributed by atoms with Gasteiger partial charge in [-0.1, -0.05) is 33.6 Å². The van der Waals surface area contributed by atoms with Crippen LogP contribution in [0.15, 0.2) is 45.9 Å². The first-order valence-electron chi connectivity index (χ1n) is 5.84. The Hall–Kier alpha value is -0.820. The molecule has 0 N–H and O–H groups in total. The van der Waals surface area contributed by atoms with Gasteiger partial charge in [-0.25, -0.2) is 8.42 Å². The SMILES string of the molecule is O=S(=O)(Cl)c1cc(Br)cc(Cl)c1OCCc1ccccn1. The Morgan fingerprint density at radius 3 is 2.67 bits per heavy atom. The van der Waals surface area contributed by atoms with E-state index in [4.69, 9.17) is 27.0 Å². The van der Waals surface area contributed by atoms with Crippen LogP contribution in [0.1, 0.15) is 5.69 Å². The largest absolute Gasteiger partial charge is 0.490 e. The minimum Gasteiger partial charge on any atom is -0.490 e. The monoisotopic (exact) mass is 409 g/mol. The summed E-state index contributed by atoms with van der Waals surface area (Å²) in [6, 6.07) is 8.43. The first-order valence-corrected chi connectivity index (χ1v) is 9.32. The highest BCUT2D eigenvalue weighted by Gasteiger charge is 2.21. The quantitative estimate of drug-likeness (QED) is 0.697. The Kier molecular flexibility index (Phi) is 5.48. The molecule has 0 unspecified atom stereocenters. The van der Waals surface area contributed by atoms with Gasteiger partial charge in [0.25, 0.3) is 9.05 Å². The highest BCUT2D eigenvalue weighted by Crippen LogP contribution is 2.37. The summed E-state index contributed by atoms with van der Waals surface area (Å²) in [5.74, 6) is 0.0470. The average Bonchev–Trinajstić information content (AvgIpc) is 2.41. The van der Waals surface area contributed by atoms with Crippen LogP contribution in [-0.4, -0.2) is 20.0 Å². The highest BCUT2D eigenvalue weighted by atomic mass is 79.9. The Labute approximate surface area is 140 Å². The van der Waals surface area contributed by atoms with Crippen LogP contribution in [0.25, 0.3) is 0 Å². The van der Waals surface area contributed by atoms with E-state index in [1.165, 1.54) is 6.07 Å². The third-order valence-electron chi connectivity index (χ3n) is 2.57. The highest BCUT2D eigenvalue weighted by molar-refractivity contribution is 9.10. The number of hydrogen-bond donors (Lipinski definition) is 0. The topological polar surface area (TPSA) is 56.3 Å². The van der Waals surface area contributed by atoms with Crippen LogP contribution in [0, 0.1) is 0 Å². The molecule has 1 heterocycles. The number of rotatable bonds is 5. The molecule has 21 heavy (non-hydrogen) atoms. The smallest absolute Gasteiger partial charge is 0.265 e. The second-order valence-electron chi connectivity index (χ2n) is 4.07. The lowest BCUT2D eigenvalue weighted by atomic mass is 10.3. The summed E-state index contributed by atoms with van der Waals surface area (Å²) in [7, 11) is 1.45. The number of halogens is 3. The molecule has 1 aromatic heterocycles. The Morgan fingerprint density at radius 2 is 2.05 bits per heavy atom. The van der Waals surface area contributed by atoms with Gasteiger partial charge in [0.2, 0.25) is 0 Å². The minimum atomic E-state index is -3.96. The first kappa shape index (κ1) is 16.5. The first-order chi connectivity index (χ1) is 9.88. The predicted molar refractivity (Wildman–Crippen MR) is 85.6 cm³/mol. The lowest BCUT2D eigenvalue weighted by Crippen LogP contribution is -2.06. The van der Waals surface area contributed by atoms with E-state index in [9.17, 15) is 8.42 Å². The molecule has 0 aliphatic rings. The van der Waals surface area contributed by atoms with Crippen LogP contribution in [0.4, 0.5) is 0 Å². The van der Waals surface area contributed by atoms with E-state index in [1.807, 2.05) is 18.2 Å². The number of pyridine rings is 1. The number of nitrogens with zero attached hydrogens (tertiary/aromatic N) is 1. The van der Waals surface area contributed by atoms with Crippen molar-refractivity contribution in [2.24, 2.45) is 0 Å². The fraction of sp³-hybridized carbons (Fsp3) is 0.154. The van der Waals surface area contributed by atoms with Crippen LogP contribution >= 0.6 is 38.2 Å². The van der Waals surface area contributed by atoms with Gasteiger partial charge in [0.15, 0.2) is 5.75 Å². The molecule has 0 saturated carbocycles. The summed E-state index contributed by atoms with van der Waals surface area (Å²) in [5, 5.41) is 0.171. The van der Waals surface area contributed by atoms with Crippen molar-refractivity contribution < 1.29 is 13.2 Å². The summed E-state index contributed by atoms with van der Waals surface area (Å²) in [6.07, 6.45) is 2.20. The lowest BCUT2D eigenvalue weighted by Gasteiger charge is -2.12. The fourth-order valence-corrected chi connectivity index (χ4v) is 3.73. The molecule has 2 rings (SSSR count). The predicted octanol–water partition coefficient (Wildman–Crippen LogP) is 4.05. The molecule has 0 aliphatic heterocycles. The maximum Gasteiger partial charge on any atom is 0.265 e. The second-order valence-corrected chi connectivity index (χ2v) is 7.93. The molecule has 112 valence electrons. The third kappa shape index (κ3) is 4.57. The molecule has 0 atom stereocenters. The second kappa shape index (κ2) is 6.96. The van der Waals surface area contributed by atoms with Gasteiger partial charge in [0, 0.05) is 33.5 Å². The zero-order chi connectivity index (χ0) is 15.5. The van der Waals surface area contributed by atoms with E-state index in [0.29, 0.717) is 10.9 Å². The van der Waals surface area contributed by atoms with Gasteiger partial charge in [-0.05, 0) is 24.3 Å². The van der Waals surface area contributed by atoms with Crippen molar-refractivity contribution in [2.75, 3.05) is 6.61 Å². The van der Waals surface area contributed by atoms with E-state index in [2.05, 4.69) is 20.9 Å². The van der Waals surface area contributed by atoms with E-state index in [1.54, 1.807) is 12.3 Å². The molecule has 0 aliphatic carbocycles. The standard InChI is InChI=1S/C13H10BrCl2NO3S/c14-9-7-11(15)13(12(8-9)21(16,18)19)20-6-4-10-3-1-2-5-17-10/h1-3,5,7-8H,4,6H2. The van der Waals surface area contributed by atoms with Gasteiger partial charge in [-0.15, -0.1) is 0 Å². The van der Waals surface area contributed by atoms with Crippen LogP contribution in [0.2, 0.25) is 5.02 Å². The molecule has 1 aromatic carbocycles. The van der Waals surface area contributed by atoms with Crippen LogP contribution in [-0.2, 0) is 15.5 Å². The van der Waals surface area contributed by atoms with E-state index < -0.39 is 9.05 Å². The van der Waals surface area contributed by atoms with Crippen LogP contribution in [0.3, 0.4) is 0 Å². The molecule has 2 aromatic rings. The molecular formula is C13H10BrCl2NO3S. The van der Waals surface area contributed by atoms with E-state index in [-0.39, 0.29) is 22.3 Å². The van der Waals surface area contributed by atoms with Crippen molar-refractivity contribution >= 4 is 47.3 Å². The van der Waals surface area contributed by atoms with E-state index in [0.717, 1.165) is 5.69 Å². The zero-order valence-corrected chi connectivity index (χ0v) is 14.5. The normalized spacial score (nSPS) is 11.4. The number of ether oxygens (including phenoxy) is 1. The van der Waals surface area contributed by atoms with Crippen molar-refractivity contribution in [3.63, 3.8) is 0 Å². The molecule has 0 spiro atoms. The van der Waals surface area contributed by atoms with Gasteiger partial charge < -0.3 is 4.74 Å². The fourth-order valence-electron chi connectivity index (χ4n) is 1.66. The van der Waals surface area contributed by atoms with Crippen LogP contribution < -0.4 is 4.74 Å². The molecule has 4 nitrogen and oxygen atoms in total. The maximum absolute atomic E-state index is 11.6. The number of aromatic nitrogens is 1. The molecule has 0 bridgehead atoms. The molecular weight excluding hydrogens is 401 g/mol. The molecule has 0 amide bonds. The van der Waals surface area contributed by atoms with Gasteiger partial charge in [0.05, 0.1) is 11.6 Å². The van der Waals surface area contributed by atoms with Crippen LogP contribution in [0.5, 0.6) is 5.75 Å². The zero-order valence-electron chi connectivity index (χ0n) is 10.6. The minimum absolute atomic E-state index is 0.0470. The number of hydrogen-bond acceptors (Lipinski definition) is 4. The van der Waals surface area contributed by atoms with Crippen molar-refractivity contribution in [2.45, 2.75) is 11.3 Å². The number of benzene rings is 1. The Morgan fingerprint density at radius 1 is 1.29 bits per heavy atom. The summed E-state index contributed by atoms with van der Waals surface area (Å²) in [4.78, 5) is 3.99. The summed E-state index contributed by atoms with van der Waals surface area (Å²) < 4.78 is 29.2. The van der Waals surface area contributed by atoms with Gasteiger partial charge >= 0.3 is 0 Å². The molecule has 0 radical (unpaired) electrons. The molecule has 0 fully saturated rings. The third-order valence-corrected chi connectivity index (χ3v) is 4.63. The summed E-state index contributed by atoms with van der Waals surface area (Å²) >= 11 is 9.20. The average molecular weight is 411 g/mol. The maximum atomic E-state index is 11.6. The van der Waals surface area contributed by atoms with Crippen molar-refractivity contribution in [1.82, 2.24) is 4.98 Å². The van der Waals surface area contributed by atoms with Gasteiger partial charge in [-0.2, -0.15) is 0 Å². The molecule has 0 saturated heterocycles. The van der Waals surface area contributed by atoms with Crippen molar-refractivity contribution in [1.29, 1.82) is 0 Å². The van der Waals surface area contributed by atoms with Gasteiger partial charge in [-0.3, -0.25) is 4.98 Å². The van der Waals surface area contributed by atoms with E-state index >= 15 is 0 Å². The van der Waals surface area contributed by atoms with Crippen molar-refractivity contribution in [3.8, 4) is 5.75 Å². The summed E-state index contributed by atoms with van der Waals surface area (Å²) in [6.45, 7) is 0.234. The van der Waals surface area contributed by atoms with Crippen molar-refractivity contribution in [3.05, 3.63) is 51.7 Å². The Bertz CT molecular complexity index is 739. The lowest BCUT2D eigenvalue weighted by molar-refractivity contribution is 0.312.